The molecule has 0 spiro atoms. The second kappa shape index (κ2) is 23.3. The fourth-order valence-corrected chi connectivity index (χ4v) is 8.20. The van der Waals surface area contributed by atoms with E-state index in [4.69, 9.17) is 14.2 Å². The summed E-state index contributed by atoms with van der Waals surface area (Å²) in [5.74, 6) is 1.26. The van der Waals surface area contributed by atoms with Crippen LogP contribution in [-0.4, -0.2) is 113 Å². The summed E-state index contributed by atoms with van der Waals surface area (Å²) >= 11 is 0. The minimum Gasteiger partial charge on any atom is -0.444 e. The largest absolute Gasteiger partial charge is 0.444 e. The Kier molecular flexibility index (Phi) is 19.0. The molecule has 5 atom stereocenters. The Labute approximate surface area is 330 Å². The lowest BCUT2D eigenvalue weighted by molar-refractivity contribution is -0.154. The Morgan fingerprint density at radius 1 is 0.607 bits per heavy atom. The Morgan fingerprint density at radius 2 is 1.14 bits per heavy atom. The second-order valence-corrected chi connectivity index (χ2v) is 15.1. The highest BCUT2D eigenvalue weighted by atomic mass is 16.6. The number of carbonyl (C=O) groups excluding carboxylic acids is 8. The number of imide groups is 1. The van der Waals surface area contributed by atoms with Crippen LogP contribution in [-0.2, 0) is 54.2 Å². The van der Waals surface area contributed by atoms with Crippen LogP contribution in [0.25, 0.3) is 0 Å². The molecular formula is C41H60N4O11. The molecule has 15 heteroatoms. The molecule has 0 aromatic heterocycles. The minimum atomic E-state index is -0.338. The zero-order chi connectivity index (χ0) is 41.2. The van der Waals surface area contributed by atoms with Crippen LogP contribution in [0.3, 0.4) is 0 Å². The summed E-state index contributed by atoms with van der Waals surface area (Å²) in [6, 6.07) is 7.44. The summed E-state index contributed by atoms with van der Waals surface area (Å²) in [7, 11) is 0. The first-order valence-corrected chi connectivity index (χ1v) is 19.8. The maximum Gasteiger partial charge on any atom is 0.295 e. The molecule has 3 saturated heterocycles. The minimum absolute atomic E-state index is 0.00941. The van der Waals surface area contributed by atoms with Gasteiger partial charge < -0.3 is 28.9 Å². The molecule has 1 aliphatic carbocycles. The van der Waals surface area contributed by atoms with Gasteiger partial charge in [-0.15, -0.1) is 0 Å². The lowest BCUT2D eigenvalue weighted by atomic mass is 9.79. The number of rotatable bonds is 7. The summed E-state index contributed by atoms with van der Waals surface area (Å²) in [5, 5.41) is 0. The third kappa shape index (κ3) is 13.4. The highest BCUT2D eigenvalue weighted by molar-refractivity contribution is 6.05. The topological polar surface area (TPSA) is 177 Å². The van der Waals surface area contributed by atoms with Crippen molar-refractivity contribution in [3.8, 4) is 0 Å². The molecule has 56 heavy (non-hydrogen) atoms. The number of ether oxygens (including phenoxy) is 3. The summed E-state index contributed by atoms with van der Waals surface area (Å²) in [6.07, 6.45) is 11.7. The van der Waals surface area contributed by atoms with Crippen LogP contribution < -0.4 is 0 Å². The molecule has 15 nitrogen and oxygen atoms in total. The molecule has 5 amide bonds. The van der Waals surface area contributed by atoms with Crippen molar-refractivity contribution in [2.24, 2.45) is 17.8 Å². The smallest absolute Gasteiger partial charge is 0.295 e. The van der Waals surface area contributed by atoms with Crippen molar-refractivity contribution in [2.45, 2.75) is 130 Å². The molecule has 6 rings (SSSR count). The quantitative estimate of drug-likeness (QED) is 0.282. The van der Waals surface area contributed by atoms with Gasteiger partial charge in [0.05, 0.1) is 0 Å². The van der Waals surface area contributed by atoms with E-state index in [1.165, 1.54) is 57.8 Å². The number of nitrogens with zero attached hydrogens (tertiary/aromatic N) is 4. The van der Waals surface area contributed by atoms with Crippen LogP contribution in [0.4, 0.5) is 0 Å². The van der Waals surface area contributed by atoms with Crippen molar-refractivity contribution >= 4 is 49.0 Å². The Hall–Kier alpha value is -4.82. The molecule has 4 aliphatic heterocycles. The van der Waals surface area contributed by atoms with Crippen LogP contribution >= 0.6 is 0 Å². The average Bonchev–Trinajstić information content (AvgIpc) is 3.69. The van der Waals surface area contributed by atoms with E-state index in [9.17, 15) is 38.4 Å². The van der Waals surface area contributed by atoms with E-state index < -0.39 is 0 Å². The molecule has 0 bridgehead atoms. The number of amides is 5. The molecule has 4 fully saturated rings. The maximum atomic E-state index is 11.8. The monoisotopic (exact) mass is 784 g/mol. The standard InChI is InChI=1S/C13H21NO3.C11H11NO2.C9H15NO3.C8H13NO3/c1-10(16)14-8-12(7-13(14)17-9-15)11-5-3-2-4-6-11;1-8(13)12-7-6-9-4-2-3-5-10(9)11(12)14;1-8(12)10-6-4-2-3-5-9(10)13-7-11;1-6-3-8(12-5-10)9(4-6)7(2)11/h9,11-13H,2-8H2,1H3;2-5H,6-7H2,1H3;7,9H,2-6H2,1H3;5-6,8H,3-4H2,1-2H3. The normalized spacial score (nSPS) is 24.6. The lowest BCUT2D eigenvalue weighted by Gasteiger charge is -2.26. The number of likely N-dealkylation sites (tertiary alicyclic amines) is 3. The molecule has 5 aliphatic rings. The molecule has 4 heterocycles. The van der Waals surface area contributed by atoms with Crippen LogP contribution in [0.1, 0.15) is 121 Å². The van der Waals surface area contributed by atoms with Crippen molar-refractivity contribution in [3.63, 3.8) is 0 Å². The van der Waals surface area contributed by atoms with E-state index in [-0.39, 0.29) is 48.2 Å². The first-order valence-electron chi connectivity index (χ1n) is 19.8. The van der Waals surface area contributed by atoms with Gasteiger partial charge in [-0.05, 0) is 48.6 Å². The molecule has 0 N–H and O–H groups in total. The van der Waals surface area contributed by atoms with Crippen LogP contribution in [0.5, 0.6) is 0 Å². The van der Waals surface area contributed by atoms with E-state index >= 15 is 0 Å². The van der Waals surface area contributed by atoms with E-state index in [1.54, 1.807) is 27.7 Å². The summed E-state index contributed by atoms with van der Waals surface area (Å²) in [6.45, 7) is 11.9. The number of benzene rings is 1. The van der Waals surface area contributed by atoms with Gasteiger partial charge >= 0.3 is 0 Å². The third-order valence-electron chi connectivity index (χ3n) is 11.1. The van der Waals surface area contributed by atoms with Gasteiger partial charge in [-0.1, -0.05) is 63.6 Å². The van der Waals surface area contributed by atoms with Crippen molar-refractivity contribution in [1.82, 2.24) is 19.6 Å². The Morgan fingerprint density at radius 3 is 1.73 bits per heavy atom. The second-order valence-electron chi connectivity index (χ2n) is 15.1. The number of hydrogen-bond donors (Lipinski definition) is 0. The van der Waals surface area contributed by atoms with E-state index in [0.29, 0.717) is 62.4 Å². The molecular weight excluding hydrogens is 724 g/mol. The maximum absolute atomic E-state index is 11.8. The van der Waals surface area contributed by atoms with Crippen LogP contribution in [0.15, 0.2) is 24.3 Å². The van der Waals surface area contributed by atoms with Crippen molar-refractivity contribution in [3.05, 3.63) is 35.4 Å². The van der Waals surface area contributed by atoms with Crippen molar-refractivity contribution in [1.29, 1.82) is 0 Å². The van der Waals surface area contributed by atoms with Gasteiger partial charge in [0.15, 0.2) is 18.7 Å². The van der Waals surface area contributed by atoms with Gasteiger partial charge in [0.25, 0.3) is 25.3 Å². The van der Waals surface area contributed by atoms with Crippen molar-refractivity contribution in [2.75, 3.05) is 26.2 Å². The number of fused-ring (bicyclic) bond motifs is 1. The van der Waals surface area contributed by atoms with E-state index in [0.717, 1.165) is 57.1 Å². The average molecular weight is 785 g/mol. The van der Waals surface area contributed by atoms with Crippen LogP contribution in [0, 0.1) is 17.8 Å². The summed E-state index contributed by atoms with van der Waals surface area (Å²) < 4.78 is 14.7. The van der Waals surface area contributed by atoms with Gasteiger partial charge in [0.1, 0.15) is 0 Å². The van der Waals surface area contributed by atoms with Crippen LogP contribution in [0.2, 0.25) is 0 Å². The highest BCUT2D eigenvalue weighted by Crippen LogP contribution is 2.37. The molecule has 0 radical (unpaired) electrons. The first kappa shape index (κ1) is 45.6. The Balaban J connectivity index is 0.000000202. The summed E-state index contributed by atoms with van der Waals surface area (Å²) in [4.78, 5) is 93.5. The predicted molar refractivity (Wildman–Crippen MR) is 204 cm³/mol. The molecule has 1 aromatic carbocycles. The van der Waals surface area contributed by atoms with Gasteiger partial charge in [0, 0.05) is 78.7 Å². The lowest BCUT2D eigenvalue weighted by Crippen LogP contribution is -2.40. The SMILES string of the molecule is CC(=O)N1CC(C)CC1OC=O.CC(=O)N1CC(C2CCCCC2)CC1OC=O.CC(=O)N1CCCCCC1OC=O.CC(=O)N1CCc2ccccc2C1=O. The molecule has 1 saturated carbocycles. The van der Waals surface area contributed by atoms with E-state index in [2.05, 4.69) is 0 Å². The van der Waals surface area contributed by atoms with Gasteiger partial charge in [0.2, 0.25) is 23.6 Å². The van der Waals surface area contributed by atoms with E-state index in [1.807, 2.05) is 25.1 Å². The predicted octanol–water partition coefficient (Wildman–Crippen LogP) is 4.45. The van der Waals surface area contributed by atoms with Gasteiger partial charge in [-0.2, -0.15) is 0 Å². The molecule has 1 aromatic rings. The van der Waals surface area contributed by atoms with Gasteiger partial charge in [-0.3, -0.25) is 43.3 Å². The zero-order valence-electron chi connectivity index (χ0n) is 33.6. The Bertz CT molecular complexity index is 1500. The summed E-state index contributed by atoms with van der Waals surface area (Å²) in [5.41, 5.74) is 1.70. The van der Waals surface area contributed by atoms with Crippen molar-refractivity contribution < 1.29 is 52.6 Å². The first-order chi connectivity index (χ1) is 26.8. The van der Waals surface area contributed by atoms with Gasteiger partial charge in [-0.25, -0.2) is 0 Å². The fraction of sp³-hybridized carbons (Fsp3) is 0.659. The fourth-order valence-electron chi connectivity index (χ4n) is 8.20. The zero-order valence-corrected chi connectivity index (χ0v) is 33.6. The highest BCUT2D eigenvalue weighted by Gasteiger charge is 2.39. The molecule has 310 valence electrons. The third-order valence-corrected chi connectivity index (χ3v) is 11.1. The molecule has 5 unspecified atom stereocenters. The number of carbonyl (C=O) groups is 8. The number of hydrogen-bond acceptors (Lipinski definition) is 11.